The molecule has 2 nitrogen and oxygen atoms in total. The van der Waals surface area contributed by atoms with Crippen LogP contribution in [0.25, 0.3) is 0 Å². The summed E-state index contributed by atoms with van der Waals surface area (Å²) in [4.78, 5) is 11.8. The van der Waals surface area contributed by atoms with Gasteiger partial charge in [-0.1, -0.05) is 36.4 Å². The number of carbonyl (C=O) groups excluding carboxylic acids is 1. The molecule has 0 bridgehead atoms. The number of ketones is 1. The molecular formula is C18H20O2. The molecule has 0 spiro atoms. The monoisotopic (exact) mass is 268 g/mol. The molecule has 0 unspecified atom stereocenters. The van der Waals surface area contributed by atoms with Crippen LogP contribution in [0.3, 0.4) is 0 Å². The minimum Gasteiger partial charge on any atom is -0.490 e. The maximum Gasteiger partial charge on any atom is 0.163 e. The number of hydrogen-bond donors (Lipinski definition) is 0. The minimum absolute atomic E-state index is 0.0376. The average molecular weight is 268 g/mol. The van der Waals surface area contributed by atoms with Crippen LogP contribution in [0.1, 0.15) is 42.3 Å². The number of rotatable bonds is 5. The molecule has 0 radical (unpaired) electrons. The second kappa shape index (κ2) is 6.38. The van der Waals surface area contributed by atoms with Gasteiger partial charge in [0, 0.05) is 0 Å². The van der Waals surface area contributed by atoms with Crippen molar-refractivity contribution >= 4 is 5.78 Å². The van der Waals surface area contributed by atoms with E-state index in [0.717, 1.165) is 12.0 Å². The number of carbonyl (C=O) groups is 1. The van der Waals surface area contributed by atoms with Gasteiger partial charge in [0.25, 0.3) is 0 Å². The van der Waals surface area contributed by atoms with E-state index in [2.05, 4.69) is 12.1 Å². The van der Waals surface area contributed by atoms with Crippen LogP contribution in [0, 0.1) is 0 Å². The van der Waals surface area contributed by atoms with Crippen LogP contribution in [0.2, 0.25) is 0 Å². The van der Waals surface area contributed by atoms with Gasteiger partial charge < -0.3 is 4.74 Å². The van der Waals surface area contributed by atoms with Crippen molar-refractivity contribution in [3.63, 3.8) is 0 Å². The fraction of sp³-hybridized carbons (Fsp3) is 0.278. The van der Waals surface area contributed by atoms with Crippen LogP contribution in [-0.2, 0) is 6.42 Å². The summed E-state index contributed by atoms with van der Waals surface area (Å²) in [6.45, 7) is 5.50. The molecule has 2 aromatic rings. The van der Waals surface area contributed by atoms with E-state index < -0.39 is 0 Å². The Hall–Kier alpha value is -2.09. The van der Waals surface area contributed by atoms with Crippen LogP contribution >= 0.6 is 0 Å². The van der Waals surface area contributed by atoms with Gasteiger partial charge in [0.1, 0.15) is 5.75 Å². The summed E-state index contributed by atoms with van der Waals surface area (Å²) < 4.78 is 5.69. The fourth-order valence-electron chi connectivity index (χ4n) is 2.15. The molecule has 0 N–H and O–H groups in total. The smallest absolute Gasteiger partial charge is 0.163 e. The lowest BCUT2D eigenvalue weighted by Crippen LogP contribution is -2.09. The van der Waals surface area contributed by atoms with Crippen molar-refractivity contribution in [3.05, 3.63) is 65.2 Å². The van der Waals surface area contributed by atoms with Gasteiger partial charge in [-0.2, -0.15) is 0 Å². The summed E-state index contributed by atoms with van der Waals surface area (Å²) in [5, 5.41) is 0. The minimum atomic E-state index is 0.0376. The van der Waals surface area contributed by atoms with Crippen molar-refractivity contribution in [2.75, 3.05) is 0 Å². The molecule has 0 fully saturated rings. The highest BCUT2D eigenvalue weighted by Crippen LogP contribution is 2.23. The van der Waals surface area contributed by atoms with E-state index in [1.165, 1.54) is 5.56 Å². The molecule has 0 aliphatic heterocycles. The topological polar surface area (TPSA) is 26.3 Å². The van der Waals surface area contributed by atoms with Gasteiger partial charge in [-0.15, -0.1) is 0 Å². The van der Waals surface area contributed by atoms with E-state index in [1.54, 1.807) is 6.92 Å². The summed E-state index contributed by atoms with van der Waals surface area (Å²) in [6, 6.07) is 16.1. The lowest BCUT2D eigenvalue weighted by Gasteiger charge is -2.14. The molecule has 0 amide bonds. The van der Waals surface area contributed by atoms with Crippen molar-refractivity contribution in [1.29, 1.82) is 0 Å². The van der Waals surface area contributed by atoms with Gasteiger partial charge in [0.05, 0.1) is 11.7 Å². The molecule has 104 valence electrons. The standard InChI is InChI=1S/C18H20O2/c1-13(2)20-18-10-9-16(12-17(18)14(3)19)11-15-7-5-4-6-8-15/h4-10,12-13H,11H2,1-3H3. The van der Waals surface area contributed by atoms with Crippen molar-refractivity contribution in [1.82, 2.24) is 0 Å². The molecule has 20 heavy (non-hydrogen) atoms. The molecule has 2 heteroatoms. The quantitative estimate of drug-likeness (QED) is 0.757. The Balaban J connectivity index is 2.28. The maximum atomic E-state index is 11.8. The SMILES string of the molecule is CC(=O)c1cc(Cc2ccccc2)ccc1OC(C)C. The van der Waals surface area contributed by atoms with E-state index in [9.17, 15) is 4.79 Å². The first-order valence-electron chi connectivity index (χ1n) is 6.90. The third-order valence-corrected chi connectivity index (χ3v) is 3.04. The number of ether oxygens (including phenoxy) is 1. The van der Waals surface area contributed by atoms with Gasteiger partial charge in [0.2, 0.25) is 0 Å². The molecule has 0 aromatic heterocycles. The lowest BCUT2D eigenvalue weighted by atomic mass is 10.0. The van der Waals surface area contributed by atoms with E-state index in [0.29, 0.717) is 11.3 Å². The van der Waals surface area contributed by atoms with Crippen LogP contribution in [0.5, 0.6) is 5.75 Å². The second-order valence-corrected chi connectivity index (χ2v) is 5.22. The van der Waals surface area contributed by atoms with E-state index in [-0.39, 0.29) is 11.9 Å². The fourth-order valence-corrected chi connectivity index (χ4v) is 2.15. The maximum absolute atomic E-state index is 11.8. The highest BCUT2D eigenvalue weighted by Gasteiger charge is 2.11. The Labute approximate surface area is 120 Å². The molecular weight excluding hydrogens is 248 g/mol. The van der Waals surface area contributed by atoms with Crippen LogP contribution in [-0.4, -0.2) is 11.9 Å². The van der Waals surface area contributed by atoms with Gasteiger partial charge >= 0.3 is 0 Å². The number of hydrogen-bond acceptors (Lipinski definition) is 2. The zero-order chi connectivity index (χ0) is 14.5. The Bertz CT molecular complexity index is 586. The first-order valence-corrected chi connectivity index (χ1v) is 6.90. The summed E-state index contributed by atoms with van der Waals surface area (Å²) in [5.74, 6) is 0.708. The van der Waals surface area contributed by atoms with Crippen LogP contribution < -0.4 is 4.74 Å². The van der Waals surface area contributed by atoms with Crippen molar-refractivity contribution < 1.29 is 9.53 Å². The normalized spacial score (nSPS) is 10.6. The summed E-state index contributed by atoms with van der Waals surface area (Å²) >= 11 is 0. The highest BCUT2D eigenvalue weighted by atomic mass is 16.5. The van der Waals surface area contributed by atoms with Gasteiger partial charge in [-0.05, 0) is 50.5 Å². The van der Waals surface area contributed by atoms with Crippen molar-refractivity contribution in [3.8, 4) is 5.75 Å². The van der Waals surface area contributed by atoms with E-state index >= 15 is 0 Å². The van der Waals surface area contributed by atoms with Crippen LogP contribution in [0.15, 0.2) is 48.5 Å². The zero-order valence-electron chi connectivity index (χ0n) is 12.2. The Morgan fingerprint density at radius 3 is 2.35 bits per heavy atom. The predicted molar refractivity (Wildman–Crippen MR) is 81.5 cm³/mol. The zero-order valence-corrected chi connectivity index (χ0v) is 12.2. The summed E-state index contributed by atoms with van der Waals surface area (Å²) in [7, 11) is 0. The Kier molecular flexibility index (Phi) is 4.57. The predicted octanol–water partition coefficient (Wildman–Crippen LogP) is 4.27. The third kappa shape index (κ3) is 3.70. The molecule has 2 aromatic carbocycles. The Morgan fingerprint density at radius 2 is 1.75 bits per heavy atom. The first kappa shape index (κ1) is 14.3. The molecule has 2 rings (SSSR count). The molecule has 0 atom stereocenters. The molecule has 0 saturated carbocycles. The molecule has 0 saturated heterocycles. The lowest BCUT2D eigenvalue weighted by molar-refractivity contribution is 0.101. The highest BCUT2D eigenvalue weighted by molar-refractivity contribution is 5.97. The van der Waals surface area contributed by atoms with E-state index in [1.807, 2.05) is 50.2 Å². The molecule has 0 heterocycles. The summed E-state index contributed by atoms with van der Waals surface area (Å²) in [6.07, 6.45) is 0.886. The van der Waals surface area contributed by atoms with Gasteiger partial charge in [-0.3, -0.25) is 4.79 Å². The van der Waals surface area contributed by atoms with Crippen LogP contribution in [0.4, 0.5) is 0 Å². The summed E-state index contributed by atoms with van der Waals surface area (Å²) in [5.41, 5.74) is 3.02. The third-order valence-electron chi connectivity index (χ3n) is 3.04. The largest absolute Gasteiger partial charge is 0.490 e. The first-order chi connectivity index (χ1) is 9.56. The number of Topliss-reactive ketones (excluding diaryl/α,β-unsaturated/α-hetero) is 1. The molecule has 0 aliphatic carbocycles. The molecule has 0 aliphatic rings. The van der Waals surface area contributed by atoms with Gasteiger partial charge in [-0.25, -0.2) is 0 Å². The van der Waals surface area contributed by atoms with Crippen molar-refractivity contribution in [2.24, 2.45) is 0 Å². The average Bonchev–Trinajstić information content (AvgIpc) is 2.41. The second-order valence-electron chi connectivity index (χ2n) is 5.22. The van der Waals surface area contributed by atoms with E-state index in [4.69, 9.17) is 4.74 Å². The van der Waals surface area contributed by atoms with Gasteiger partial charge in [0.15, 0.2) is 5.78 Å². The van der Waals surface area contributed by atoms with Crippen molar-refractivity contribution in [2.45, 2.75) is 33.3 Å². The Morgan fingerprint density at radius 1 is 1.05 bits per heavy atom. The number of benzene rings is 2.